The number of piperazine rings is 1. The Morgan fingerprint density at radius 1 is 1.20 bits per heavy atom. The number of nitrogens with zero attached hydrogens (tertiary/aromatic N) is 3. The summed E-state index contributed by atoms with van der Waals surface area (Å²) in [5, 5.41) is 12.0. The van der Waals surface area contributed by atoms with Crippen LogP contribution in [-0.4, -0.2) is 47.5 Å². The Kier molecular flexibility index (Phi) is 4.26. The summed E-state index contributed by atoms with van der Waals surface area (Å²) in [5.41, 5.74) is 0.333. The molecule has 1 fully saturated rings. The molecule has 1 N–H and O–H groups in total. The van der Waals surface area contributed by atoms with Gasteiger partial charge in [-0.15, -0.1) is 0 Å². The maximum Gasteiger partial charge on any atom is 0.321 e. The molecule has 1 aliphatic heterocycles. The molecular weight excluding hydrogens is 252 g/mol. The van der Waals surface area contributed by atoms with E-state index in [2.05, 4.69) is 16.3 Å². The molecule has 0 radical (unpaired) electrons. The van der Waals surface area contributed by atoms with Crippen LogP contribution in [0.25, 0.3) is 0 Å². The molecule has 0 spiro atoms. The second-order valence-electron chi connectivity index (χ2n) is 5.44. The Balaban J connectivity index is 1.88. The van der Waals surface area contributed by atoms with E-state index in [4.69, 9.17) is 5.26 Å². The lowest BCUT2D eigenvalue weighted by Gasteiger charge is -2.40. The molecule has 1 aromatic carbocycles. The van der Waals surface area contributed by atoms with E-state index >= 15 is 0 Å². The van der Waals surface area contributed by atoms with Gasteiger partial charge in [0.1, 0.15) is 5.54 Å². The first-order valence-electron chi connectivity index (χ1n) is 6.80. The minimum absolute atomic E-state index is 0.0781. The lowest BCUT2D eigenvalue weighted by atomic mass is 10.0. The number of urea groups is 1. The first-order chi connectivity index (χ1) is 9.53. The van der Waals surface area contributed by atoms with Gasteiger partial charge in [0, 0.05) is 31.9 Å². The lowest BCUT2D eigenvalue weighted by molar-refractivity contribution is 0.0964. The van der Waals surface area contributed by atoms with Gasteiger partial charge in [-0.1, -0.05) is 18.2 Å². The van der Waals surface area contributed by atoms with E-state index in [9.17, 15) is 4.79 Å². The van der Waals surface area contributed by atoms with Crippen molar-refractivity contribution in [1.82, 2.24) is 9.80 Å². The third-order valence-corrected chi connectivity index (χ3v) is 3.66. The van der Waals surface area contributed by atoms with Crippen LogP contribution in [-0.2, 0) is 0 Å². The van der Waals surface area contributed by atoms with Gasteiger partial charge < -0.3 is 10.2 Å². The minimum atomic E-state index is -0.470. The molecule has 1 aliphatic rings. The summed E-state index contributed by atoms with van der Waals surface area (Å²) in [6.45, 7) is 6.55. The van der Waals surface area contributed by atoms with Crippen molar-refractivity contribution in [2.75, 3.05) is 31.5 Å². The number of hydrogen-bond donors (Lipinski definition) is 1. The third kappa shape index (κ3) is 3.28. The van der Waals surface area contributed by atoms with E-state index in [1.165, 1.54) is 0 Å². The third-order valence-electron chi connectivity index (χ3n) is 3.66. The molecule has 0 bridgehead atoms. The molecule has 0 unspecified atom stereocenters. The zero-order valence-electron chi connectivity index (χ0n) is 12.0. The Morgan fingerprint density at radius 2 is 1.80 bits per heavy atom. The standard InChI is InChI=1S/C15H20N4O/c1-15(2,12-16)19-10-8-18(9-11-19)14(20)17-13-6-4-3-5-7-13/h3-7H,8-11H2,1-2H3,(H,17,20). The number of para-hydroxylation sites is 1. The summed E-state index contributed by atoms with van der Waals surface area (Å²) in [6, 6.07) is 11.7. The monoisotopic (exact) mass is 272 g/mol. The topological polar surface area (TPSA) is 59.4 Å². The molecule has 0 aliphatic carbocycles. The number of hydrogen-bond acceptors (Lipinski definition) is 3. The second kappa shape index (κ2) is 5.93. The van der Waals surface area contributed by atoms with Crippen molar-refractivity contribution in [1.29, 1.82) is 5.26 Å². The molecule has 0 saturated carbocycles. The van der Waals surface area contributed by atoms with E-state index in [0.29, 0.717) is 13.1 Å². The Labute approximate surface area is 119 Å². The van der Waals surface area contributed by atoms with Gasteiger partial charge in [-0.2, -0.15) is 5.26 Å². The van der Waals surface area contributed by atoms with Gasteiger partial charge in [0.25, 0.3) is 0 Å². The molecular formula is C15H20N4O. The molecule has 1 aromatic rings. The average Bonchev–Trinajstić information content (AvgIpc) is 2.48. The highest BCUT2D eigenvalue weighted by Crippen LogP contribution is 2.16. The molecule has 5 nitrogen and oxygen atoms in total. The molecule has 106 valence electrons. The molecule has 20 heavy (non-hydrogen) atoms. The van der Waals surface area contributed by atoms with E-state index in [-0.39, 0.29) is 6.03 Å². The van der Waals surface area contributed by atoms with Crippen LogP contribution >= 0.6 is 0 Å². The SMILES string of the molecule is CC(C)(C#N)N1CCN(C(=O)Nc2ccccc2)CC1. The van der Waals surface area contributed by atoms with Gasteiger partial charge >= 0.3 is 6.03 Å². The fourth-order valence-corrected chi connectivity index (χ4v) is 2.26. The molecule has 5 heteroatoms. The van der Waals surface area contributed by atoms with Crippen molar-refractivity contribution in [2.24, 2.45) is 0 Å². The van der Waals surface area contributed by atoms with Crippen molar-refractivity contribution >= 4 is 11.7 Å². The summed E-state index contributed by atoms with van der Waals surface area (Å²) in [4.78, 5) is 16.0. The van der Waals surface area contributed by atoms with Gasteiger partial charge in [0.2, 0.25) is 0 Å². The van der Waals surface area contributed by atoms with E-state index < -0.39 is 5.54 Å². The molecule has 1 saturated heterocycles. The largest absolute Gasteiger partial charge is 0.322 e. The van der Waals surface area contributed by atoms with Crippen LogP contribution in [0.5, 0.6) is 0 Å². The maximum absolute atomic E-state index is 12.1. The summed E-state index contributed by atoms with van der Waals surface area (Å²) >= 11 is 0. The number of carbonyl (C=O) groups is 1. The predicted molar refractivity (Wildman–Crippen MR) is 78.3 cm³/mol. The van der Waals surface area contributed by atoms with Gasteiger partial charge in [0.15, 0.2) is 0 Å². The number of carbonyl (C=O) groups excluding carboxylic acids is 1. The molecule has 1 heterocycles. The van der Waals surface area contributed by atoms with Gasteiger partial charge in [-0.3, -0.25) is 4.90 Å². The van der Waals surface area contributed by atoms with Crippen LogP contribution in [0, 0.1) is 11.3 Å². The van der Waals surface area contributed by atoms with Crippen LogP contribution in [0.3, 0.4) is 0 Å². The zero-order valence-corrected chi connectivity index (χ0v) is 12.0. The van der Waals surface area contributed by atoms with Crippen molar-refractivity contribution in [3.05, 3.63) is 30.3 Å². The second-order valence-corrected chi connectivity index (χ2v) is 5.44. The van der Waals surface area contributed by atoms with Crippen LogP contribution in [0.2, 0.25) is 0 Å². The summed E-state index contributed by atoms with van der Waals surface area (Å²) < 4.78 is 0. The summed E-state index contributed by atoms with van der Waals surface area (Å²) in [7, 11) is 0. The predicted octanol–water partition coefficient (Wildman–Crippen LogP) is 2.14. The quantitative estimate of drug-likeness (QED) is 0.897. The first-order valence-corrected chi connectivity index (χ1v) is 6.80. The van der Waals surface area contributed by atoms with Gasteiger partial charge in [-0.05, 0) is 26.0 Å². The molecule has 2 rings (SSSR count). The van der Waals surface area contributed by atoms with Crippen LogP contribution < -0.4 is 5.32 Å². The van der Waals surface area contributed by atoms with Gasteiger partial charge in [0.05, 0.1) is 6.07 Å². The van der Waals surface area contributed by atoms with E-state index in [0.717, 1.165) is 18.8 Å². The normalized spacial score (nSPS) is 16.6. The number of anilines is 1. The average molecular weight is 272 g/mol. The lowest BCUT2D eigenvalue weighted by Crippen LogP contribution is -2.55. The zero-order chi connectivity index (χ0) is 14.6. The number of benzene rings is 1. The van der Waals surface area contributed by atoms with Crippen molar-refractivity contribution in [3.8, 4) is 6.07 Å². The van der Waals surface area contributed by atoms with Crippen LogP contribution in [0.1, 0.15) is 13.8 Å². The summed E-state index contributed by atoms with van der Waals surface area (Å²) in [6.07, 6.45) is 0. The number of nitrogens with one attached hydrogen (secondary N) is 1. The Morgan fingerprint density at radius 3 is 2.35 bits per heavy atom. The van der Waals surface area contributed by atoms with Crippen molar-refractivity contribution in [3.63, 3.8) is 0 Å². The van der Waals surface area contributed by atoms with Crippen LogP contribution in [0.15, 0.2) is 30.3 Å². The number of nitriles is 1. The van der Waals surface area contributed by atoms with Crippen molar-refractivity contribution < 1.29 is 4.79 Å². The minimum Gasteiger partial charge on any atom is -0.322 e. The Hall–Kier alpha value is -2.06. The highest BCUT2D eigenvalue weighted by Gasteiger charge is 2.31. The van der Waals surface area contributed by atoms with Crippen molar-refractivity contribution in [2.45, 2.75) is 19.4 Å². The summed E-state index contributed by atoms with van der Waals surface area (Å²) in [5.74, 6) is 0. The van der Waals surface area contributed by atoms with Gasteiger partial charge in [-0.25, -0.2) is 4.79 Å². The van der Waals surface area contributed by atoms with E-state index in [1.54, 1.807) is 4.90 Å². The molecule has 0 atom stereocenters. The maximum atomic E-state index is 12.1. The van der Waals surface area contributed by atoms with E-state index in [1.807, 2.05) is 44.2 Å². The number of rotatable bonds is 2. The molecule has 0 aromatic heterocycles. The molecule has 2 amide bonds. The van der Waals surface area contributed by atoms with Crippen LogP contribution in [0.4, 0.5) is 10.5 Å². The highest BCUT2D eigenvalue weighted by molar-refractivity contribution is 5.89. The highest BCUT2D eigenvalue weighted by atomic mass is 16.2. The fraction of sp³-hybridized carbons (Fsp3) is 0.467. The number of amides is 2. The smallest absolute Gasteiger partial charge is 0.321 e. The Bertz CT molecular complexity index is 498. The fourth-order valence-electron chi connectivity index (χ4n) is 2.26. The first kappa shape index (κ1) is 14.4.